The Kier molecular flexibility index (Phi) is 4.96. The van der Waals surface area contributed by atoms with Crippen molar-refractivity contribution in [2.75, 3.05) is 27.2 Å². The van der Waals surface area contributed by atoms with E-state index >= 15 is 0 Å². The van der Waals surface area contributed by atoms with Gasteiger partial charge in [-0.15, -0.1) is 0 Å². The number of benzene rings is 1. The molecule has 2 N–H and O–H groups in total. The molecule has 0 saturated heterocycles. The zero-order valence-corrected chi connectivity index (χ0v) is 12.0. The third-order valence-electron chi connectivity index (χ3n) is 2.90. The Morgan fingerprint density at radius 1 is 1.26 bits per heavy atom. The summed E-state index contributed by atoms with van der Waals surface area (Å²) in [5.74, 6) is 0. The number of aromatic nitrogens is 2. The molecule has 2 rings (SSSR count). The topological polar surface area (TPSA) is 44.0 Å². The van der Waals surface area contributed by atoms with Gasteiger partial charge in [-0.1, -0.05) is 23.7 Å². The Morgan fingerprint density at radius 2 is 2.00 bits per heavy atom. The maximum atomic E-state index is 5.90. The van der Waals surface area contributed by atoms with Crippen molar-refractivity contribution in [1.82, 2.24) is 20.4 Å². The fourth-order valence-electron chi connectivity index (χ4n) is 1.84. The Bertz CT molecular complexity index is 504. The van der Waals surface area contributed by atoms with Gasteiger partial charge in [0, 0.05) is 30.2 Å². The third kappa shape index (κ3) is 4.06. The minimum atomic E-state index is 0.744. The summed E-state index contributed by atoms with van der Waals surface area (Å²) in [6.45, 7) is 2.79. The number of nitrogens with zero attached hydrogens (tertiary/aromatic N) is 2. The molecular formula is C14H19ClN4. The van der Waals surface area contributed by atoms with Crippen molar-refractivity contribution in [2.45, 2.75) is 6.54 Å². The molecule has 1 aromatic carbocycles. The Balaban J connectivity index is 1.99. The SMILES string of the molecule is CN(C)CCNCc1cn[nH]c1-c1ccc(Cl)cc1. The fourth-order valence-corrected chi connectivity index (χ4v) is 1.96. The molecule has 0 bridgehead atoms. The van der Waals surface area contributed by atoms with Gasteiger partial charge in [0.15, 0.2) is 0 Å². The Hall–Kier alpha value is -1.36. The number of hydrogen-bond donors (Lipinski definition) is 2. The number of halogens is 1. The van der Waals surface area contributed by atoms with E-state index in [4.69, 9.17) is 11.6 Å². The normalized spacial score (nSPS) is 11.2. The third-order valence-corrected chi connectivity index (χ3v) is 3.15. The van der Waals surface area contributed by atoms with E-state index in [9.17, 15) is 0 Å². The quantitative estimate of drug-likeness (QED) is 0.798. The van der Waals surface area contributed by atoms with Gasteiger partial charge in [-0.05, 0) is 31.8 Å². The number of H-pyrrole nitrogens is 1. The minimum absolute atomic E-state index is 0.744. The summed E-state index contributed by atoms with van der Waals surface area (Å²) in [5, 5.41) is 11.3. The van der Waals surface area contributed by atoms with E-state index in [-0.39, 0.29) is 0 Å². The van der Waals surface area contributed by atoms with Gasteiger partial charge >= 0.3 is 0 Å². The molecule has 1 heterocycles. The zero-order valence-electron chi connectivity index (χ0n) is 11.3. The maximum absolute atomic E-state index is 5.90. The molecule has 5 heteroatoms. The van der Waals surface area contributed by atoms with Gasteiger partial charge in [-0.3, -0.25) is 5.10 Å². The van der Waals surface area contributed by atoms with Crippen LogP contribution in [0.1, 0.15) is 5.56 Å². The van der Waals surface area contributed by atoms with E-state index in [1.807, 2.05) is 30.5 Å². The first-order chi connectivity index (χ1) is 9.16. The molecule has 0 saturated carbocycles. The molecular weight excluding hydrogens is 260 g/mol. The first-order valence-electron chi connectivity index (χ1n) is 6.30. The average Bonchev–Trinajstić information content (AvgIpc) is 2.84. The van der Waals surface area contributed by atoms with Crippen LogP contribution in [0.25, 0.3) is 11.3 Å². The van der Waals surface area contributed by atoms with E-state index in [2.05, 4.69) is 34.5 Å². The number of aromatic amines is 1. The van der Waals surface area contributed by atoms with Crippen molar-refractivity contribution < 1.29 is 0 Å². The lowest BCUT2D eigenvalue weighted by Crippen LogP contribution is -2.26. The van der Waals surface area contributed by atoms with Crippen molar-refractivity contribution in [2.24, 2.45) is 0 Å². The summed E-state index contributed by atoms with van der Waals surface area (Å²) in [6, 6.07) is 7.78. The molecule has 0 aliphatic carbocycles. The van der Waals surface area contributed by atoms with Crippen LogP contribution in [0.3, 0.4) is 0 Å². The number of hydrogen-bond acceptors (Lipinski definition) is 3. The van der Waals surface area contributed by atoms with Gasteiger partial charge in [-0.2, -0.15) is 5.10 Å². The van der Waals surface area contributed by atoms with Crippen LogP contribution in [0.15, 0.2) is 30.5 Å². The minimum Gasteiger partial charge on any atom is -0.311 e. The van der Waals surface area contributed by atoms with Crippen LogP contribution >= 0.6 is 11.6 Å². The average molecular weight is 279 g/mol. The summed E-state index contributed by atoms with van der Waals surface area (Å²) < 4.78 is 0. The van der Waals surface area contributed by atoms with E-state index in [0.29, 0.717) is 0 Å². The summed E-state index contributed by atoms with van der Waals surface area (Å²) >= 11 is 5.90. The van der Waals surface area contributed by atoms with E-state index < -0.39 is 0 Å². The highest BCUT2D eigenvalue weighted by molar-refractivity contribution is 6.30. The van der Waals surface area contributed by atoms with E-state index in [0.717, 1.165) is 35.9 Å². The van der Waals surface area contributed by atoms with Crippen molar-refractivity contribution >= 4 is 11.6 Å². The summed E-state index contributed by atoms with van der Waals surface area (Å²) in [4.78, 5) is 2.16. The second-order valence-corrected chi connectivity index (χ2v) is 5.19. The largest absolute Gasteiger partial charge is 0.311 e. The van der Waals surface area contributed by atoms with Crippen LogP contribution in [0.2, 0.25) is 5.02 Å². The first-order valence-corrected chi connectivity index (χ1v) is 6.68. The second kappa shape index (κ2) is 6.70. The molecule has 1 aromatic heterocycles. The molecule has 19 heavy (non-hydrogen) atoms. The van der Waals surface area contributed by atoms with Crippen molar-refractivity contribution in [3.8, 4) is 11.3 Å². The van der Waals surface area contributed by atoms with Crippen molar-refractivity contribution in [3.63, 3.8) is 0 Å². The lowest BCUT2D eigenvalue weighted by molar-refractivity contribution is 0.400. The van der Waals surface area contributed by atoms with Gasteiger partial charge in [0.2, 0.25) is 0 Å². The molecule has 0 atom stereocenters. The lowest BCUT2D eigenvalue weighted by atomic mass is 10.1. The van der Waals surface area contributed by atoms with Crippen LogP contribution in [-0.2, 0) is 6.54 Å². The van der Waals surface area contributed by atoms with E-state index in [1.54, 1.807) is 0 Å². The molecule has 0 unspecified atom stereocenters. The molecule has 102 valence electrons. The van der Waals surface area contributed by atoms with Crippen LogP contribution < -0.4 is 5.32 Å². The number of nitrogens with one attached hydrogen (secondary N) is 2. The predicted molar refractivity (Wildman–Crippen MR) is 79.3 cm³/mol. The van der Waals surface area contributed by atoms with Gasteiger partial charge in [0.25, 0.3) is 0 Å². The zero-order chi connectivity index (χ0) is 13.7. The summed E-state index contributed by atoms with van der Waals surface area (Å²) in [6.07, 6.45) is 1.87. The van der Waals surface area contributed by atoms with Crippen molar-refractivity contribution in [3.05, 3.63) is 41.0 Å². The molecule has 2 aromatic rings. The lowest BCUT2D eigenvalue weighted by Gasteiger charge is -2.10. The highest BCUT2D eigenvalue weighted by Gasteiger charge is 2.07. The van der Waals surface area contributed by atoms with Gasteiger partial charge < -0.3 is 10.2 Å². The van der Waals surface area contributed by atoms with E-state index in [1.165, 1.54) is 5.56 Å². The Morgan fingerprint density at radius 3 is 2.68 bits per heavy atom. The molecule has 0 spiro atoms. The van der Waals surface area contributed by atoms with Gasteiger partial charge in [0.05, 0.1) is 11.9 Å². The highest BCUT2D eigenvalue weighted by Crippen LogP contribution is 2.22. The van der Waals surface area contributed by atoms with Crippen LogP contribution in [0.5, 0.6) is 0 Å². The van der Waals surface area contributed by atoms with Crippen molar-refractivity contribution in [1.29, 1.82) is 0 Å². The van der Waals surface area contributed by atoms with Crippen LogP contribution in [0.4, 0.5) is 0 Å². The van der Waals surface area contributed by atoms with Gasteiger partial charge in [-0.25, -0.2) is 0 Å². The Labute approximate surface area is 118 Å². The standard InChI is InChI=1S/C14H19ClN4/c1-19(2)8-7-16-9-12-10-17-18-14(12)11-3-5-13(15)6-4-11/h3-6,10,16H,7-9H2,1-2H3,(H,17,18). The highest BCUT2D eigenvalue weighted by atomic mass is 35.5. The number of rotatable bonds is 6. The molecule has 0 aliphatic heterocycles. The first kappa shape index (κ1) is 14.1. The monoisotopic (exact) mass is 278 g/mol. The summed E-state index contributed by atoms with van der Waals surface area (Å²) in [5.41, 5.74) is 3.32. The predicted octanol–water partition coefficient (Wildman–Crippen LogP) is 2.38. The van der Waals surface area contributed by atoms with Gasteiger partial charge in [0.1, 0.15) is 0 Å². The molecule has 0 fully saturated rings. The second-order valence-electron chi connectivity index (χ2n) is 4.76. The molecule has 0 radical (unpaired) electrons. The van der Waals surface area contributed by atoms with Crippen LogP contribution in [0, 0.1) is 0 Å². The fraction of sp³-hybridized carbons (Fsp3) is 0.357. The number of likely N-dealkylation sites (N-methyl/N-ethyl adjacent to an activating group) is 1. The molecule has 0 aliphatic rings. The molecule has 0 amide bonds. The summed E-state index contributed by atoms with van der Waals surface area (Å²) in [7, 11) is 4.14. The van der Waals surface area contributed by atoms with Crippen LogP contribution in [-0.4, -0.2) is 42.3 Å². The molecule has 4 nitrogen and oxygen atoms in total. The maximum Gasteiger partial charge on any atom is 0.0695 e. The smallest absolute Gasteiger partial charge is 0.0695 e.